The van der Waals surface area contributed by atoms with Crippen molar-refractivity contribution in [1.29, 1.82) is 0 Å². The number of ether oxygens (including phenoxy) is 1. The molecule has 3 aromatic rings. The molecule has 2 aliphatic rings. The topological polar surface area (TPSA) is 32.8 Å². The van der Waals surface area contributed by atoms with Crippen LogP contribution >= 0.6 is 0 Å². The molecule has 1 aliphatic carbocycles. The molecule has 2 fully saturated rings. The van der Waals surface area contributed by atoms with Crippen molar-refractivity contribution in [2.24, 2.45) is 0 Å². The first-order valence-electron chi connectivity index (χ1n) is 13.5. The Hall–Kier alpha value is -3.11. The molecule has 0 radical (unpaired) electrons. The van der Waals surface area contributed by atoms with Crippen molar-refractivity contribution in [2.45, 2.75) is 63.5 Å². The summed E-state index contributed by atoms with van der Waals surface area (Å²) >= 11 is 0. The van der Waals surface area contributed by atoms with Gasteiger partial charge in [0, 0.05) is 36.4 Å². The number of hydrogen-bond acceptors (Lipinski definition) is 3. The molecule has 1 saturated heterocycles. The number of anilines is 1. The maximum absolute atomic E-state index is 13.9. The molecule has 0 spiro atoms. The van der Waals surface area contributed by atoms with E-state index in [1.165, 1.54) is 36.8 Å². The summed E-state index contributed by atoms with van der Waals surface area (Å²) in [5, 5.41) is 0. The molecule has 3 aromatic carbocycles. The Labute approximate surface area is 215 Å². The largest absolute Gasteiger partial charge is 0.497 e. The average Bonchev–Trinajstić information content (AvgIpc) is 2.95. The van der Waals surface area contributed by atoms with Gasteiger partial charge in [-0.15, -0.1) is 0 Å². The Balaban J connectivity index is 1.35. The molecule has 5 rings (SSSR count). The Kier molecular flexibility index (Phi) is 7.72. The molecule has 36 heavy (non-hydrogen) atoms. The minimum Gasteiger partial charge on any atom is -0.497 e. The summed E-state index contributed by atoms with van der Waals surface area (Å²) < 4.78 is 5.40. The van der Waals surface area contributed by atoms with Gasteiger partial charge in [-0.3, -0.25) is 9.69 Å². The summed E-state index contributed by atoms with van der Waals surface area (Å²) in [6, 6.07) is 27.8. The zero-order valence-electron chi connectivity index (χ0n) is 21.6. The van der Waals surface area contributed by atoms with E-state index < -0.39 is 0 Å². The summed E-state index contributed by atoms with van der Waals surface area (Å²) in [4.78, 5) is 18.6. The van der Waals surface area contributed by atoms with E-state index in [1.807, 2.05) is 29.2 Å². The lowest BCUT2D eigenvalue weighted by Crippen LogP contribution is -2.51. The fourth-order valence-electron chi connectivity index (χ4n) is 6.21. The maximum Gasteiger partial charge on any atom is 0.258 e. The second-order valence-corrected chi connectivity index (χ2v) is 10.4. The molecule has 1 heterocycles. The van der Waals surface area contributed by atoms with Crippen molar-refractivity contribution in [2.75, 3.05) is 25.1 Å². The van der Waals surface area contributed by atoms with E-state index in [2.05, 4.69) is 66.4 Å². The summed E-state index contributed by atoms with van der Waals surface area (Å²) in [6.07, 6.45) is 7.16. The fourth-order valence-corrected chi connectivity index (χ4v) is 6.21. The Morgan fingerprint density at radius 2 is 1.58 bits per heavy atom. The number of aryl methyl sites for hydroxylation is 1. The summed E-state index contributed by atoms with van der Waals surface area (Å²) in [6.45, 7) is 4.16. The number of amides is 1. The van der Waals surface area contributed by atoms with Gasteiger partial charge in [0.15, 0.2) is 0 Å². The molecule has 4 heteroatoms. The van der Waals surface area contributed by atoms with Crippen LogP contribution in [0, 0.1) is 6.92 Å². The summed E-state index contributed by atoms with van der Waals surface area (Å²) in [5.74, 6) is 1.38. The van der Waals surface area contributed by atoms with Gasteiger partial charge in [-0.1, -0.05) is 66.9 Å². The highest BCUT2D eigenvalue weighted by Crippen LogP contribution is 2.38. The quantitative estimate of drug-likeness (QED) is 0.386. The van der Waals surface area contributed by atoms with Crippen molar-refractivity contribution in [3.8, 4) is 5.75 Å². The van der Waals surface area contributed by atoms with E-state index in [9.17, 15) is 4.79 Å². The van der Waals surface area contributed by atoms with Crippen LogP contribution in [0.3, 0.4) is 0 Å². The first-order valence-corrected chi connectivity index (χ1v) is 13.5. The molecule has 0 bridgehead atoms. The van der Waals surface area contributed by atoms with Crippen LogP contribution in [0.4, 0.5) is 5.69 Å². The van der Waals surface area contributed by atoms with E-state index >= 15 is 0 Å². The number of hydrogen-bond donors (Lipinski definition) is 0. The van der Waals surface area contributed by atoms with Gasteiger partial charge >= 0.3 is 0 Å². The highest BCUT2D eigenvalue weighted by atomic mass is 16.5. The predicted molar refractivity (Wildman–Crippen MR) is 147 cm³/mol. The summed E-state index contributed by atoms with van der Waals surface area (Å²) in [7, 11) is 1.64. The van der Waals surface area contributed by atoms with Crippen LogP contribution in [-0.2, 0) is 0 Å². The first kappa shape index (κ1) is 24.6. The molecule has 2 atom stereocenters. The SMILES string of the molecule is COc1cccc(C(=O)N(c2ccc(C)cc2)C2CCN(C3CCCCC3c3ccccc3)CC2)c1. The second-order valence-electron chi connectivity index (χ2n) is 10.4. The van der Waals surface area contributed by atoms with Crippen LogP contribution in [-0.4, -0.2) is 43.1 Å². The molecule has 1 aliphatic heterocycles. The number of benzene rings is 3. The van der Waals surface area contributed by atoms with E-state index in [0.717, 1.165) is 31.6 Å². The fraction of sp³-hybridized carbons (Fsp3) is 0.406. The predicted octanol–water partition coefficient (Wildman–Crippen LogP) is 6.84. The second kappa shape index (κ2) is 11.3. The number of likely N-dealkylation sites (tertiary alicyclic amines) is 1. The van der Waals surface area contributed by atoms with Crippen LogP contribution in [0.15, 0.2) is 78.9 Å². The van der Waals surface area contributed by atoms with Crippen molar-refractivity contribution >= 4 is 11.6 Å². The number of nitrogens with zero attached hydrogens (tertiary/aromatic N) is 2. The zero-order chi connectivity index (χ0) is 24.9. The number of methoxy groups -OCH3 is 1. The molecule has 4 nitrogen and oxygen atoms in total. The number of piperidine rings is 1. The highest BCUT2D eigenvalue weighted by molar-refractivity contribution is 6.06. The van der Waals surface area contributed by atoms with Crippen LogP contribution in [0.2, 0.25) is 0 Å². The average molecular weight is 483 g/mol. The normalized spacial score (nSPS) is 21.2. The Bertz CT molecular complexity index is 1140. The third kappa shape index (κ3) is 5.34. The van der Waals surface area contributed by atoms with Crippen LogP contribution in [0.1, 0.15) is 65.9 Å². The molecule has 188 valence electrons. The maximum atomic E-state index is 13.9. The minimum atomic E-state index is 0.0519. The third-order valence-electron chi connectivity index (χ3n) is 8.14. The van der Waals surface area contributed by atoms with E-state index in [4.69, 9.17) is 4.74 Å². The van der Waals surface area contributed by atoms with E-state index in [-0.39, 0.29) is 11.9 Å². The van der Waals surface area contributed by atoms with Crippen molar-refractivity contribution < 1.29 is 9.53 Å². The highest BCUT2D eigenvalue weighted by Gasteiger charge is 2.36. The third-order valence-corrected chi connectivity index (χ3v) is 8.14. The van der Waals surface area contributed by atoms with Crippen molar-refractivity contribution in [3.63, 3.8) is 0 Å². The number of carbonyl (C=O) groups is 1. The van der Waals surface area contributed by atoms with Gasteiger partial charge in [0.05, 0.1) is 7.11 Å². The monoisotopic (exact) mass is 482 g/mol. The van der Waals surface area contributed by atoms with Crippen molar-refractivity contribution in [1.82, 2.24) is 4.90 Å². The van der Waals surface area contributed by atoms with Gasteiger partial charge in [-0.2, -0.15) is 0 Å². The van der Waals surface area contributed by atoms with Crippen LogP contribution < -0.4 is 9.64 Å². The zero-order valence-corrected chi connectivity index (χ0v) is 21.6. The van der Waals surface area contributed by atoms with Gasteiger partial charge in [-0.25, -0.2) is 0 Å². The molecule has 2 unspecified atom stereocenters. The first-order chi connectivity index (χ1) is 17.6. The Morgan fingerprint density at radius 3 is 2.31 bits per heavy atom. The molecule has 0 aromatic heterocycles. The van der Waals surface area contributed by atoms with Crippen LogP contribution in [0.25, 0.3) is 0 Å². The van der Waals surface area contributed by atoms with Gasteiger partial charge < -0.3 is 9.64 Å². The Morgan fingerprint density at radius 1 is 0.861 bits per heavy atom. The van der Waals surface area contributed by atoms with E-state index in [1.54, 1.807) is 7.11 Å². The molecular formula is C32H38N2O2. The molecular weight excluding hydrogens is 444 g/mol. The van der Waals surface area contributed by atoms with E-state index in [0.29, 0.717) is 23.3 Å². The molecule has 0 N–H and O–H groups in total. The van der Waals surface area contributed by atoms with Gasteiger partial charge in [0.2, 0.25) is 0 Å². The van der Waals surface area contributed by atoms with Crippen LogP contribution in [0.5, 0.6) is 5.75 Å². The lowest BCUT2D eigenvalue weighted by atomic mass is 9.78. The van der Waals surface area contributed by atoms with Crippen molar-refractivity contribution in [3.05, 3.63) is 95.6 Å². The van der Waals surface area contributed by atoms with Gasteiger partial charge in [0.25, 0.3) is 5.91 Å². The smallest absolute Gasteiger partial charge is 0.258 e. The number of rotatable bonds is 6. The number of carbonyl (C=O) groups excluding carboxylic acids is 1. The minimum absolute atomic E-state index is 0.0519. The lowest BCUT2D eigenvalue weighted by molar-refractivity contribution is 0.0895. The van der Waals surface area contributed by atoms with Gasteiger partial charge in [-0.05, 0) is 74.4 Å². The molecule has 1 amide bonds. The summed E-state index contributed by atoms with van der Waals surface area (Å²) in [5.41, 5.74) is 4.34. The molecule has 1 saturated carbocycles. The van der Waals surface area contributed by atoms with Gasteiger partial charge in [0.1, 0.15) is 5.75 Å². The lowest BCUT2D eigenvalue weighted by Gasteiger charge is -2.45. The standard InChI is InChI=1S/C32H38N2O2/c1-24-15-17-27(18-16-24)34(32(35)26-11-8-12-29(23-26)36-2)28-19-21-33(22-20-28)31-14-7-6-13-30(31)25-9-4-3-5-10-25/h3-5,8-12,15-18,23,28,30-31H,6-7,13-14,19-22H2,1-2H3.